The number of nitrogens with zero attached hydrogens (tertiary/aromatic N) is 2. The minimum atomic E-state index is -0.948. The lowest BCUT2D eigenvalue weighted by molar-refractivity contribution is -0.124. The number of benzene rings is 3. The third-order valence-corrected chi connectivity index (χ3v) is 5.81. The average molecular weight is 488 g/mol. The van der Waals surface area contributed by atoms with Crippen molar-refractivity contribution >= 4 is 29.2 Å². The zero-order chi connectivity index (χ0) is 25.5. The van der Waals surface area contributed by atoms with Crippen molar-refractivity contribution in [1.29, 1.82) is 0 Å². The fourth-order valence-corrected chi connectivity index (χ4v) is 4.04. The van der Waals surface area contributed by atoms with Crippen LogP contribution in [-0.4, -0.2) is 42.5 Å². The Morgan fingerprint density at radius 1 is 0.944 bits per heavy atom. The van der Waals surface area contributed by atoms with Crippen LogP contribution in [0.5, 0.6) is 11.5 Å². The molecule has 0 radical (unpaired) electrons. The number of hydrogen-bond donors (Lipinski definition) is 1. The molecule has 0 aliphatic carbocycles. The molecule has 1 saturated heterocycles. The van der Waals surface area contributed by atoms with Gasteiger partial charge in [0.1, 0.15) is 17.5 Å². The van der Waals surface area contributed by atoms with Crippen LogP contribution in [0.25, 0.3) is 0 Å². The Morgan fingerprint density at radius 2 is 1.69 bits per heavy atom. The number of anilines is 2. The molecular formula is C28H29N3O5. The van der Waals surface area contributed by atoms with E-state index in [2.05, 4.69) is 5.32 Å². The van der Waals surface area contributed by atoms with Gasteiger partial charge in [0.2, 0.25) is 5.91 Å². The van der Waals surface area contributed by atoms with Gasteiger partial charge in [0, 0.05) is 12.2 Å². The normalized spacial score (nSPS) is 15.2. The summed E-state index contributed by atoms with van der Waals surface area (Å²) < 4.78 is 10.9. The minimum absolute atomic E-state index is 0.159. The number of para-hydroxylation sites is 1. The van der Waals surface area contributed by atoms with Crippen LogP contribution in [0.1, 0.15) is 25.3 Å². The lowest BCUT2D eigenvalue weighted by Crippen LogP contribution is -2.37. The first-order valence-electron chi connectivity index (χ1n) is 11.9. The van der Waals surface area contributed by atoms with Crippen LogP contribution in [0.15, 0.2) is 78.9 Å². The zero-order valence-corrected chi connectivity index (χ0v) is 20.3. The zero-order valence-electron chi connectivity index (χ0n) is 20.3. The number of hydrogen-bond acceptors (Lipinski definition) is 5. The summed E-state index contributed by atoms with van der Waals surface area (Å²) >= 11 is 0. The van der Waals surface area contributed by atoms with Crippen LogP contribution in [0, 0.1) is 0 Å². The molecule has 186 valence electrons. The number of ether oxygens (including phenoxy) is 2. The summed E-state index contributed by atoms with van der Waals surface area (Å²) in [6, 6.07) is 21.6. The number of carbonyl (C=O) groups is 3. The molecule has 1 unspecified atom stereocenters. The standard InChI is InChI=1S/C28H29N3O5/c1-3-16-36-23-14-12-21(13-15-23)29-26(32)18-25-27(33)31(22-9-5-4-6-10-22)28(34)30(25)19-20-8-7-11-24(17-20)35-2/h4-15,17,25H,3,16,18-19H2,1-2H3,(H,29,32). The van der Waals surface area contributed by atoms with Crippen LogP contribution in [0.3, 0.4) is 0 Å². The van der Waals surface area contributed by atoms with Gasteiger partial charge in [0.25, 0.3) is 5.91 Å². The first-order valence-corrected chi connectivity index (χ1v) is 11.9. The number of rotatable bonds is 10. The second-order valence-electron chi connectivity index (χ2n) is 8.41. The third kappa shape index (κ3) is 5.66. The maximum Gasteiger partial charge on any atom is 0.332 e. The molecule has 1 aliphatic rings. The molecule has 4 amide bonds. The van der Waals surface area contributed by atoms with Gasteiger partial charge in [-0.3, -0.25) is 9.59 Å². The third-order valence-electron chi connectivity index (χ3n) is 5.81. The Bertz CT molecular complexity index is 1210. The molecule has 1 N–H and O–H groups in total. The Balaban J connectivity index is 1.53. The van der Waals surface area contributed by atoms with Gasteiger partial charge in [-0.2, -0.15) is 0 Å². The molecule has 1 aliphatic heterocycles. The quantitative estimate of drug-likeness (QED) is 0.413. The summed E-state index contributed by atoms with van der Waals surface area (Å²) in [4.78, 5) is 42.3. The van der Waals surface area contributed by atoms with Gasteiger partial charge in [-0.1, -0.05) is 37.3 Å². The topological polar surface area (TPSA) is 88.2 Å². The van der Waals surface area contributed by atoms with Crippen molar-refractivity contribution < 1.29 is 23.9 Å². The van der Waals surface area contributed by atoms with Gasteiger partial charge in [0.15, 0.2) is 0 Å². The highest BCUT2D eigenvalue weighted by molar-refractivity contribution is 6.22. The fraction of sp³-hybridized carbons (Fsp3) is 0.250. The van der Waals surface area contributed by atoms with E-state index in [9.17, 15) is 14.4 Å². The van der Waals surface area contributed by atoms with E-state index in [0.717, 1.165) is 22.6 Å². The number of urea groups is 1. The lowest BCUT2D eigenvalue weighted by Gasteiger charge is -2.22. The largest absolute Gasteiger partial charge is 0.497 e. The van der Waals surface area contributed by atoms with E-state index in [4.69, 9.17) is 9.47 Å². The van der Waals surface area contributed by atoms with E-state index < -0.39 is 18.0 Å². The van der Waals surface area contributed by atoms with Gasteiger partial charge < -0.3 is 19.7 Å². The van der Waals surface area contributed by atoms with E-state index in [1.54, 1.807) is 61.7 Å². The summed E-state index contributed by atoms with van der Waals surface area (Å²) in [6.07, 6.45) is 0.727. The van der Waals surface area contributed by atoms with Crippen LogP contribution >= 0.6 is 0 Å². The highest BCUT2D eigenvalue weighted by Crippen LogP contribution is 2.29. The number of nitrogens with one attached hydrogen (secondary N) is 1. The minimum Gasteiger partial charge on any atom is -0.497 e. The molecule has 3 aromatic rings. The molecular weight excluding hydrogens is 458 g/mol. The molecule has 0 spiro atoms. The van der Waals surface area contributed by atoms with Crippen molar-refractivity contribution in [2.45, 2.75) is 32.4 Å². The van der Waals surface area contributed by atoms with Crippen LogP contribution in [0.2, 0.25) is 0 Å². The number of carbonyl (C=O) groups excluding carboxylic acids is 3. The number of methoxy groups -OCH3 is 1. The molecule has 8 nitrogen and oxygen atoms in total. The van der Waals surface area contributed by atoms with E-state index in [-0.39, 0.29) is 18.9 Å². The maximum absolute atomic E-state index is 13.4. The molecule has 0 saturated carbocycles. The molecule has 0 bridgehead atoms. The Hall–Kier alpha value is -4.33. The molecule has 4 rings (SSSR count). The van der Waals surface area contributed by atoms with Crippen molar-refractivity contribution in [2.75, 3.05) is 23.9 Å². The predicted octanol–water partition coefficient (Wildman–Crippen LogP) is 4.85. The molecule has 1 heterocycles. The van der Waals surface area contributed by atoms with Crippen LogP contribution in [-0.2, 0) is 16.1 Å². The molecule has 3 aromatic carbocycles. The maximum atomic E-state index is 13.4. The smallest absolute Gasteiger partial charge is 0.332 e. The molecule has 36 heavy (non-hydrogen) atoms. The van der Waals surface area contributed by atoms with Gasteiger partial charge in [0.05, 0.1) is 25.8 Å². The first kappa shape index (κ1) is 24.8. The number of amides is 4. The van der Waals surface area contributed by atoms with E-state index >= 15 is 0 Å². The van der Waals surface area contributed by atoms with Crippen LogP contribution < -0.4 is 19.7 Å². The first-order chi connectivity index (χ1) is 17.5. The highest BCUT2D eigenvalue weighted by atomic mass is 16.5. The van der Waals surface area contributed by atoms with Gasteiger partial charge in [-0.15, -0.1) is 0 Å². The second kappa shape index (κ2) is 11.4. The van der Waals surface area contributed by atoms with Gasteiger partial charge >= 0.3 is 6.03 Å². The Kier molecular flexibility index (Phi) is 7.85. The second-order valence-corrected chi connectivity index (χ2v) is 8.41. The summed E-state index contributed by atoms with van der Waals surface area (Å²) in [7, 11) is 1.57. The lowest BCUT2D eigenvalue weighted by atomic mass is 10.1. The molecule has 8 heteroatoms. The highest BCUT2D eigenvalue weighted by Gasteiger charge is 2.46. The summed E-state index contributed by atoms with van der Waals surface area (Å²) in [5.74, 6) is 0.557. The monoisotopic (exact) mass is 487 g/mol. The summed E-state index contributed by atoms with van der Waals surface area (Å²) in [5.41, 5.74) is 1.84. The van der Waals surface area contributed by atoms with Gasteiger partial charge in [-0.25, -0.2) is 9.69 Å². The van der Waals surface area contributed by atoms with E-state index in [0.29, 0.717) is 23.7 Å². The van der Waals surface area contributed by atoms with Crippen molar-refractivity contribution in [1.82, 2.24) is 4.90 Å². The van der Waals surface area contributed by atoms with Crippen LogP contribution in [0.4, 0.5) is 16.2 Å². The molecule has 1 fully saturated rings. The molecule has 0 aromatic heterocycles. The van der Waals surface area contributed by atoms with Crippen molar-refractivity contribution in [3.63, 3.8) is 0 Å². The SMILES string of the molecule is CCCOc1ccc(NC(=O)CC2C(=O)N(c3ccccc3)C(=O)N2Cc2cccc(OC)c2)cc1. The fourth-order valence-electron chi connectivity index (χ4n) is 4.04. The van der Waals surface area contributed by atoms with Gasteiger partial charge in [-0.05, 0) is 60.5 Å². The summed E-state index contributed by atoms with van der Waals surface area (Å²) in [6.45, 7) is 2.80. The average Bonchev–Trinajstić information content (AvgIpc) is 3.12. The van der Waals surface area contributed by atoms with Crippen molar-refractivity contribution in [2.24, 2.45) is 0 Å². The Labute approximate surface area is 210 Å². The summed E-state index contributed by atoms with van der Waals surface area (Å²) in [5, 5.41) is 2.82. The van der Waals surface area contributed by atoms with Crippen molar-refractivity contribution in [3.05, 3.63) is 84.4 Å². The number of imide groups is 1. The molecule has 1 atom stereocenters. The predicted molar refractivity (Wildman–Crippen MR) is 137 cm³/mol. The van der Waals surface area contributed by atoms with Crippen molar-refractivity contribution in [3.8, 4) is 11.5 Å². The van der Waals surface area contributed by atoms with E-state index in [1.807, 2.05) is 31.2 Å². The van der Waals surface area contributed by atoms with E-state index in [1.165, 1.54) is 4.90 Å². The Morgan fingerprint density at radius 3 is 2.39 bits per heavy atom.